The fourth-order valence-corrected chi connectivity index (χ4v) is 13.8. The molecule has 24 aromatic rings. The number of rotatable bonds is 9. The maximum atomic E-state index is 9.76. The Morgan fingerprint density at radius 3 is 0.667 bits per heavy atom. The average Bonchev–Trinajstić information content (AvgIpc) is 0.675. The van der Waals surface area contributed by atoms with Crippen molar-refractivity contribution in [2.45, 2.75) is 0 Å². The zero-order valence-corrected chi connectivity index (χ0v) is 60.0. The molecule has 0 amide bonds. The summed E-state index contributed by atoms with van der Waals surface area (Å²) in [5, 5.41) is -16.0. The number of hydrogen-bond acceptors (Lipinski definition) is 0. The molecular formula is C120H78. The smallest absolute Gasteiger partial charge is 0.0616 e. The standard InChI is InChI=1S/3C40H26/c1-3-18-31-27(12-1)14-10-24-33(31)29-16-9-17-30(26-29)39-35-20-5-7-22-37(35)40(38-23-8-6-21-36(38)39)34-25-11-15-28-13-2-4-19-32(28)34;1-3-11-31-25-33(23-19-27(31)9-1)29-17-21-30(22-18-29)39-35-13-5-7-15-37(35)40(38-16-8-6-14-36(38)39)34-24-20-28-10-2-4-12-32(28)26-34;1-2-13-29-25-31(24-23-27(29)11-1)30-15-9-16-32(26-30)39-35-18-5-7-20-37(35)40(38-21-8-6-19-36(38)39)34-22-10-14-28-12-3-4-17-33(28)34/h3*1-26H/i3*1D,2D,3D,4D,5D,6D,7D,8D,9D,10D,11D,12D,13D,14D,15D,16D,17D,18D,19D,20D,21D,22D,23D,24D,25D,26D. The van der Waals surface area contributed by atoms with Crippen LogP contribution in [0.4, 0.5) is 0 Å². The van der Waals surface area contributed by atoms with Crippen molar-refractivity contribution in [1.29, 1.82) is 0 Å². The molecule has 0 radical (unpaired) electrons. The Morgan fingerprint density at radius 1 is 0.100 bits per heavy atom. The molecular weight excluding hydrogens is 1440 g/mol. The Morgan fingerprint density at radius 2 is 0.300 bits per heavy atom. The first-order valence-corrected chi connectivity index (χ1v) is 35.2. The van der Waals surface area contributed by atoms with Crippen molar-refractivity contribution < 1.29 is 107 Å². The van der Waals surface area contributed by atoms with Gasteiger partial charge < -0.3 is 0 Å². The Bertz CT molecular complexity index is 12900. The summed E-state index contributed by atoms with van der Waals surface area (Å²) < 4.78 is 692. The van der Waals surface area contributed by atoms with E-state index in [1.54, 1.807) is 0 Å². The lowest BCUT2D eigenvalue weighted by atomic mass is 9.84. The minimum absolute atomic E-state index is 0.524. The minimum Gasteiger partial charge on any atom is -0.0616 e. The van der Waals surface area contributed by atoms with Gasteiger partial charge in [-0.2, -0.15) is 0 Å². The van der Waals surface area contributed by atoms with Gasteiger partial charge in [0.1, 0.15) is 0 Å². The Balaban J connectivity index is 0.000000158. The van der Waals surface area contributed by atoms with Gasteiger partial charge in [-0.1, -0.05) is 441 Å². The number of fused-ring (bicyclic) bond motifs is 12. The van der Waals surface area contributed by atoms with Crippen molar-refractivity contribution >= 4 is 129 Å². The highest BCUT2D eigenvalue weighted by Crippen LogP contribution is 2.50. The van der Waals surface area contributed by atoms with Crippen molar-refractivity contribution in [3.05, 3.63) is 471 Å². The summed E-state index contributed by atoms with van der Waals surface area (Å²) in [7, 11) is 0. The third-order valence-corrected chi connectivity index (χ3v) is 18.9. The van der Waals surface area contributed by atoms with E-state index in [0.29, 0.717) is 0 Å². The molecule has 0 saturated carbocycles. The SMILES string of the molecule is [2H]c1c([2H])c(-c2c([2H])c([2H])c([2H])c3c([2H])c([2H])c([2H])c([2H])c23)c([2H])c(-c2c3c([2H])c([2H])c([2H])c([2H])c3c(-c3c([2H])c([2H])c([2H])c4c([2H])c([2H])c([2H])c([2H])c34)c3c([2H])c([2H])c([2H])c([2H])c23)c1[2H].[2H]c1c([2H])c(-c2c([2H])c([2H])c3c([2H])c([2H])c([2H])c([2H])c3c2[2H])c([2H])c(-c2c3c([2H])c([2H])c([2H])c([2H])c3c(-c3c([2H])c([2H])c([2H])c4c([2H])c([2H])c([2H])c([2H])c34)c3c([2H])c([2H])c([2H])c([2H])c23)c1[2H].[2H]c1c([2H])c(-c2c3c([2H])c([2H])c([2H])c([2H])c3c(-c3c([2H])c([2H])c4c([2H])c([2H])c([2H])c([2H])c4c3[2H])c3c([2H])c([2H])c([2H])c([2H])c23)c([2H])c([2H])c1-c1c([2H])c([2H])c2c([2H])c([2H])c([2H])c([2H])c2c1[2H]. The summed E-state index contributed by atoms with van der Waals surface area (Å²) in [5.41, 5.74) is -13.9. The van der Waals surface area contributed by atoms with Crippen molar-refractivity contribution in [3.8, 4) is 100 Å². The van der Waals surface area contributed by atoms with Crippen LogP contribution in [0.1, 0.15) is 107 Å². The first-order valence-electron chi connectivity index (χ1n) is 74.2. The second-order valence-electron chi connectivity index (χ2n) is 25.5. The van der Waals surface area contributed by atoms with Crippen LogP contribution in [-0.2, 0) is 0 Å². The fraction of sp³-hybridized carbons (Fsp3) is 0. The van der Waals surface area contributed by atoms with Crippen LogP contribution in [0.15, 0.2) is 471 Å². The lowest BCUT2D eigenvalue weighted by Crippen LogP contribution is -1.92. The molecule has 24 rings (SSSR count). The molecule has 0 atom stereocenters. The second-order valence-corrected chi connectivity index (χ2v) is 25.5. The third kappa shape index (κ3) is 12.7. The largest absolute Gasteiger partial charge is 0.0636 e. The van der Waals surface area contributed by atoms with Crippen LogP contribution in [0.3, 0.4) is 0 Å². The summed E-state index contributed by atoms with van der Waals surface area (Å²) in [5.74, 6) is 0. The quantitative estimate of drug-likeness (QED) is 0.126. The van der Waals surface area contributed by atoms with E-state index in [0.717, 1.165) is 0 Å². The van der Waals surface area contributed by atoms with Crippen LogP contribution < -0.4 is 0 Å². The molecule has 0 aliphatic heterocycles. The molecule has 0 aromatic heterocycles. The van der Waals surface area contributed by atoms with Crippen molar-refractivity contribution in [2.24, 2.45) is 0 Å². The molecule has 0 nitrogen and oxygen atoms in total. The van der Waals surface area contributed by atoms with E-state index in [1.165, 1.54) is 0 Å². The molecule has 0 aliphatic carbocycles. The molecule has 0 bridgehead atoms. The van der Waals surface area contributed by atoms with Crippen LogP contribution in [0.25, 0.3) is 229 Å². The van der Waals surface area contributed by atoms with E-state index in [1.807, 2.05) is 0 Å². The third-order valence-electron chi connectivity index (χ3n) is 18.9. The lowest BCUT2D eigenvalue weighted by molar-refractivity contribution is 1.63. The number of benzene rings is 24. The van der Waals surface area contributed by atoms with Crippen molar-refractivity contribution in [2.75, 3.05) is 0 Å². The first-order chi connectivity index (χ1) is 92.0. The fourth-order valence-electron chi connectivity index (χ4n) is 13.8. The van der Waals surface area contributed by atoms with Crippen LogP contribution in [-0.4, -0.2) is 0 Å². The van der Waals surface area contributed by atoms with Gasteiger partial charge in [0.25, 0.3) is 0 Å². The van der Waals surface area contributed by atoms with E-state index < -0.39 is 701 Å². The van der Waals surface area contributed by atoms with E-state index in [-0.39, 0.29) is 0 Å². The highest BCUT2D eigenvalue weighted by Gasteiger charge is 2.23. The van der Waals surface area contributed by atoms with Crippen LogP contribution >= 0.6 is 0 Å². The Kier molecular flexibility index (Phi) is 6.87. The van der Waals surface area contributed by atoms with Gasteiger partial charge in [-0.15, -0.1) is 0 Å². The zero-order valence-electron chi connectivity index (χ0n) is 138. The van der Waals surface area contributed by atoms with Gasteiger partial charge in [-0.05, 0) is 260 Å². The molecule has 0 N–H and O–H groups in total. The summed E-state index contributed by atoms with van der Waals surface area (Å²) in [6.07, 6.45) is 0. The summed E-state index contributed by atoms with van der Waals surface area (Å²) in [6, 6.07) is -72.6. The average molecular weight is 1600 g/mol. The van der Waals surface area contributed by atoms with E-state index >= 15 is 0 Å². The molecule has 0 heterocycles. The van der Waals surface area contributed by atoms with Gasteiger partial charge in [0.05, 0.1) is 107 Å². The molecule has 24 aromatic carbocycles. The van der Waals surface area contributed by atoms with Gasteiger partial charge in [0.2, 0.25) is 0 Å². The number of hydrogen-bond donors (Lipinski definition) is 0. The molecule has 0 saturated heterocycles. The summed E-state index contributed by atoms with van der Waals surface area (Å²) in [6.45, 7) is 0. The van der Waals surface area contributed by atoms with Crippen molar-refractivity contribution in [3.63, 3.8) is 0 Å². The molecule has 0 aliphatic rings. The van der Waals surface area contributed by atoms with Gasteiger partial charge >= 0.3 is 0 Å². The maximum absolute atomic E-state index is 9.76. The molecule has 0 spiro atoms. The van der Waals surface area contributed by atoms with Crippen LogP contribution in [0, 0.1) is 0 Å². The highest BCUT2D eigenvalue weighted by molar-refractivity contribution is 6.27. The molecule has 558 valence electrons. The van der Waals surface area contributed by atoms with Crippen LogP contribution in [0.5, 0.6) is 0 Å². The predicted octanol–water partition coefficient (Wildman–Crippen LogP) is 33.9. The van der Waals surface area contributed by atoms with Gasteiger partial charge in [0, 0.05) is 0 Å². The Hall–Kier alpha value is -15.6. The minimum atomic E-state index is -1.07. The first kappa shape index (κ1) is 27.0. The summed E-state index contributed by atoms with van der Waals surface area (Å²) in [4.78, 5) is 0. The highest BCUT2D eigenvalue weighted by atomic mass is 14.3. The van der Waals surface area contributed by atoms with Gasteiger partial charge in [-0.25, -0.2) is 0 Å². The predicted molar refractivity (Wildman–Crippen MR) is 518 cm³/mol. The van der Waals surface area contributed by atoms with E-state index in [2.05, 4.69) is 0 Å². The Labute approximate surface area is 807 Å². The molecule has 0 fully saturated rings. The molecule has 0 unspecified atom stereocenters. The molecule has 0 heteroatoms. The van der Waals surface area contributed by atoms with Gasteiger partial charge in [0.15, 0.2) is 0 Å². The lowest BCUT2D eigenvalue weighted by Gasteiger charge is -2.19. The zero-order chi connectivity index (χ0) is 147. The summed E-state index contributed by atoms with van der Waals surface area (Å²) >= 11 is 0. The van der Waals surface area contributed by atoms with Gasteiger partial charge in [-0.3, -0.25) is 0 Å². The maximum Gasteiger partial charge on any atom is 0.0636 e. The van der Waals surface area contributed by atoms with E-state index in [9.17, 15) is 34.3 Å². The van der Waals surface area contributed by atoms with Crippen molar-refractivity contribution in [1.82, 2.24) is 0 Å². The van der Waals surface area contributed by atoms with Crippen LogP contribution in [0.2, 0.25) is 0 Å². The normalized spacial score (nSPS) is 20.6. The monoisotopic (exact) mass is 1600 g/mol. The van der Waals surface area contributed by atoms with E-state index in [4.69, 9.17) is 72.7 Å². The molecule has 120 heavy (non-hydrogen) atoms. The topological polar surface area (TPSA) is 0 Å². The second kappa shape index (κ2) is 30.5.